The van der Waals surface area contributed by atoms with Gasteiger partial charge in [-0.05, 0) is 36.1 Å². The fourth-order valence-electron chi connectivity index (χ4n) is 2.23. The molecule has 2 rings (SSSR count). The number of aryl methyl sites for hydroxylation is 1. The summed E-state index contributed by atoms with van der Waals surface area (Å²) in [6, 6.07) is 12.8. The van der Waals surface area contributed by atoms with E-state index in [0.717, 1.165) is 17.7 Å². The molecule has 2 N–H and O–H groups in total. The van der Waals surface area contributed by atoms with Gasteiger partial charge in [-0.3, -0.25) is 4.79 Å². The first-order valence-corrected chi connectivity index (χ1v) is 7.50. The molecule has 0 aliphatic heterocycles. The minimum Gasteiger partial charge on any atom is -0.388 e. The average Bonchev–Trinajstić information content (AvgIpc) is 2.56. The summed E-state index contributed by atoms with van der Waals surface area (Å²) in [5.41, 5.74) is 1.38. The highest BCUT2D eigenvalue weighted by molar-refractivity contribution is 5.76. The van der Waals surface area contributed by atoms with Crippen LogP contribution in [-0.4, -0.2) is 17.6 Å². The number of amides is 1. The van der Waals surface area contributed by atoms with E-state index in [1.165, 1.54) is 6.07 Å². The summed E-state index contributed by atoms with van der Waals surface area (Å²) in [6.45, 7) is 0.354. The maximum atomic E-state index is 13.1. The highest BCUT2D eigenvalue weighted by Crippen LogP contribution is 2.15. The third-order valence-electron chi connectivity index (χ3n) is 3.55. The van der Waals surface area contributed by atoms with Gasteiger partial charge in [-0.15, -0.1) is 0 Å². The summed E-state index contributed by atoms with van der Waals surface area (Å²) in [6.07, 6.45) is 0.320. The standard InChI is InChI=1S/C18H19F2NO2/c19-15-8-6-13(12-16(15)20)7-9-18(23)21-11-10-17(22)14-4-2-1-3-5-14/h1-6,8,12,17,22H,7,9-11H2,(H,21,23). The lowest BCUT2D eigenvalue weighted by Gasteiger charge is -2.11. The monoisotopic (exact) mass is 319 g/mol. The zero-order valence-electron chi connectivity index (χ0n) is 12.6. The average molecular weight is 319 g/mol. The largest absolute Gasteiger partial charge is 0.388 e. The first kappa shape index (κ1) is 17.1. The van der Waals surface area contributed by atoms with Gasteiger partial charge in [0.25, 0.3) is 0 Å². The van der Waals surface area contributed by atoms with Crippen LogP contribution in [0.5, 0.6) is 0 Å². The number of carbonyl (C=O) groups is 1. The summed E-state index contributed by atoms with van der Waals surface area (Å²) in [4.78, 5) is 11.7. The molecule has 0 saturated carbocycles. The number of aliphatic hydroxyl groups excluding tert-OH is 1. The zero-order chi connectivity index (χ0) is 16.7. The van der Waals surface area contributed by atoms with E-state index < -0.39 is 17.7 Å². The van der Waals surface area contributed by atoms with Crippen LogP contribution in [0.15, 0.2) is 48.5 Å². The van der Waals surface area contributed by atoms with Crippen LogP contribution in [0, 0.1) is 11.6 Å². The number of halogens is 2. The van der Waals surface area contributed by atoms with E-state index in [-0.39, 0.29) is 12.3 Å². The number of hydrogen-bond donors (Lipinski definition) is 2. The maximum Gasteiger partial charge on any atom is 0.220 e. The minimum absolute atomic E-state index is 0.185. The van der Waals surface area contributed by atoms with E-state index in [1.54, 1.807) is 0 Å². The van der Waals surface area contributed by atoms with Crippen molar-refractivity contribution >= 4 is 5.91 Å². The van der Waals surface area contributed by atoms with Crippen molar-refractivity contribution < 1.29 is 18.7 Å². The smallest absolute Gasteiger partial charge is 0.220 e. The Balaban J connectivity index is 1.70. The van der Waals surface area contributed by atoms with Gasteiger partial charge in [0.15, 0.2) is 11.6 Å². The quantitative estimate of drug-likeness (QED) is 0.824. The third kappa shape index (κ3) is 5.45. The van der Waals surface area contributed by atoms with Crippen molar-refractivity contribution in [3.63, 3.8) is 0 Å². The molecule has 0 aromatic heterocycles. The van der Waals surface area contributed by atoms with Crippen molar-refractivity contribution in [1.82, 2.24) is 5.32 Å². The fourth-order valence-corrected chi connectivity index (χ4v) is 2.23. The second kappa shape index (κ2) is 8.39. The summed E-state index contributed by atoms with van der Waals surface area (Å²) in [5, 5.41) is 12.7. The molecular formula is C18H19F2NO2. The second-order valence-corrected chi connectivity index (χ2v) is 5.31. The number of rotatable bonds is 7. The lowest BCUT2D eigenvalue weighted by atomic mass is 10.1. The van der Waals surface area contributed by atoms with E-state index in [0.29, 0.717) is 24.9 Å². The van der Waals surface area contributed by atoms with Crippen molar-refractivity contribution in [3.8, 4) is 0 Å². The van der Waals surface area contributed by atoms with Crippen LogP contribution in [0.1, 0.15) is 30.1 Å². The number of carbonyl (C=O) groups excluding carboxylic acids is 1. The van der Waals surface area contributed by atoms with E-state index in [9.17, 15) is 18.7 Å². The Hall–Kier alpha value is -2.27. The van der Waals surface area contributed by atoms with Gasteiger partial charge in [0.2, 0.25) is 5.91 Å². The molecule has 1 unspecified atom stereocenters. The number of hydrogen-bond acceptors (Lipinski definition) is 2. The van der Waals surface area contributed by atoms with Gasteiger partial charge < -0.3 is 10.4 Å². The fraction of sp³-hybridized carbons (Fsp3) is 0.278. The summed E-state index contributed by atoms with van der Waals surface area (Å²) in [7, 11) is 0. The molecule has 0 saturated heterocycles. The second-order valence-electron chi connectivity index (χ2n) is 5.31. The Labute approximate surface area is 134 Å². The van der Waals surface area contributed by atoms with Crippen LogP contribution in [0.25, 0.3) is 0 Å². The van der Waals surface area contributed by atoms with Crippen molar-refractivity contribution in [1.29, 1.82) is 0 Å². The molecule has 0 fully saturated rings. The minimum atomic E-state index is -0.908. The molecule has 3 nitrogen and oxygen atoms in total. The summed E-state index contributed by atoms with van der Waals surface area (Å²) >= 11 is 0. The highest BCUT2D eigenvalue weighted by Gasteiger charge is 2.09. The Morgan fingerprint density at radius 1 is 1.09 bits per heavy atom. The highest BCUT2D eigenvalue weighted by atomic mass is 19.2. The lowest BCUT2D eigenvalue weighted by Crippen LogP contribution is -2.25. The van der Waals surface area contributed by atoms with Gasteiger partial charge in [0.1, 0.15) is 0 Å². The van der Waals surface area contributed by atoms with E-state index in [1.807, 2.05) is 30.3 Å². The SMILES string of the molecule is O=C(CCc1ccc(F)c(F)c1)NCCC(O)c1ccccc1. The molecule has 23 heavy (non-hydrogen) atoms. The Bertz CT molecular complexity index is 647. The van der Waals surface area contributed by atoms with Crippen LogP contribution in [0.3, 0.4) is 0 Å². The summed E-state index contributed by atoms with van der Waals surface area (Å²) in [5.74, 6) is -1.99. The molecule has 122 valence electrons. The van der Waals surface area contributed by atoms with Gasteiger partial charge in [0, 0.05) is 13.0 Å². The van der Waals surface area contributed by atoms with Crippen LogP contribution < -0.4 is 5.32 Å². The molecule has 2 aromatic rings. The third-order valence-corrected chi connectivity index (χ3v) is 3.55. The maximum absolute atomic E-state index is 13.1. The molecule has 0 heterocycles. The molecule has 1 atom stereocenters. The van der Waals surface area contributed by atoms with E-state index >= 15 is 0 Å². The van der Waals surface area contributed by atoms with Crippen molar-refractivity contribution in [2.45, 2.75) is 25.4 Å². The molecule has 5 heteroatoms. The molecule has 0 spiro atoms. The van der Waals surface area contributed by atoms with E-state index in [4.69, 9.17) is 0 Å². The van der Waals surface area contributed by atoms with Gasteiger partial charge in [0.05, 0.1) is 6.10 Å². The predicted octanol–water partition coefficient (Wildman–Crippen LogP) is 3.14. The first-order chi connectivity index (χ1) is 11.1. The van der Waals surface area contributed by atoms with Crippen LogP contribution >= 0.6 is 0 Å². The molecule has 0 bridgehead atoms. The Morgan fingerprint density at radius 3 is 2.52 bits per heavy atom. The number of nitrogens with one attached hydrogen (secondary N) is 1. The first-order valence-electron chi connectivity index (χ1n) is 7.50. The molecule has 0 radical (unpaired) electrons. The van der Waals surface area contributed by atoms with E-state index in [2.05, 4.69) is 5.32 Å². The molecule has 0 aliphatic rings. The molecule has 2 aromatic carbocycles. The van der Waals surface area contributed by atoms with Crippen molar-refractivity contribution in [3.05, 3.63) is 71.3 Å². The van der Waals surface area contributed by atoms with Gasteiger partial charge in [-0.1, -0.05) is 36.4 Å². The van der Waals surface area contributed by atoms with Gasteiger partial charge >= 0.3 is 0 Å². The molecule has 0 aliphatic carbocycles. The molecule has 1 amide bonds. The molecular weight excluding hydrogens is 300 g/mol. The predicted molar refractivity (Wildman–Crippen MR) is 83.7 cm³/mol. The van der Waals surface area contributed by atoms with Crippen LogP contribution in [0.4, 0.5) is 8.78 Å². The number of aliphatic hydroxyl groups is 1. The topological polar surface area (TPSA) is 49.3 Å². The van der Waals surface area contributed by atoms with Crippen molar-refractivity contribution in [2.75, 3.05) is 6.54 Å². The van der Waals surface area contributed by atoms with Gasteiger partial charge in [-0.2, -0.15) is 0 Å². The normalized spacial score (nSPS) is 12.0. The van der Waals surface area contributed by atoms with Crippen LogP contribution in [-0.2, 0) is 11.2 Å². The Kier molecular flexibility index (Phi) is 6.23. The lowest BCUT2D eigenvalue weighted by molar-refractivity contribution is -0.121. The van der Waals surface area contributed by atoms with Crippen molar-refractivity contribution in [2.24, 2.45) is 0 Å². The summed E-state index contributed by atoms with van der Waals surface area (Å²) < 4.78 is 25.9. The number of benzene rings is 2. The Morgan fingerprint density at radius 2 is 1.83 bits per heavy atom. The van der Waals surface area contributed by atoms with Crippen LogP contribution in [0.2, 0.25) is 0 Å². The van der Waals surface area contributed by atoms with Gasteiger partial charge in [-0.25, -0.2) is 8.78 Å². The zero-order valence-corrected chi connectivity index (χ0v) is 12.6.